The number of piperidine rings is 1. The van der Waals surface area contributed by atoms with Gasteiger partial charge in [0.15, 0.2) is 0 Å². The molecule has 1 saturated heterocycles. The fourth-order valence-electron chi connectivity index (χ4n) is 4.44. The van der Waals surface area contributed by atoms with Crippen LogP contribution in [-0.2, 0) is 16.0 Å². The molecule has 0 unspecified atom stereocenters. The van der Waals surface area contributed by atoms with Crippen molar-refractivity contribution in [1.29, 1.82) is 0 Å². The number of carbonyl (C=O) groups excluding carboxylic acids is 2. The van der Waals surface area contributed by atoms with E-state index in [1.165, 1.54) is 4.90 Å². The molecule has 0 aromatic heterocycles. The van der Waals surface area contributed by atoms with E-state index in [1.807, 2.05) is 25.1 Å². The number of amides is 2. The number of fused-ring (bicyclic) bond motifs is 1. The van der Waals surface area contributed by atoms with Gasteiger partial charge in [-0.2, -0.15) is 13.2 Å². The lowest BCUT2D eigenvalue weighted by atomic mass is 9.73. The lowest BCUT2D eigenvalue weighted by Gasteiger charge is -2.41. The molecular weight excluding hydrogens is 409 g/mol. The zero-order valence-electron chi connectivity index (χ0n) is 18.0. The molecular formula is C23H31F3N2O3. The average Bonchev–Trinajstić information content (AvgIpc) is 2.73. The van der Waals surface area contributed by atoms with Crippen molar-refractivity contribution >= 4 is 11.8 Å². The van der Waals surface area contributed by atoms with E-state index in [0.717, 1.165) is 30.6 Å². The number of halogens is 3. The summed E-state index contributed by atoms with van der Waals surface area (Å²) in [5.74, 6) is 0.323. The highest BCUT2D eigenvalue weighted by molar-refractivity contribution is 5.83. The zero-order chi connectivity index (χ0) is 22.5. The largest absolute Gasteiger partial charge is 0.491 e. The Balaban J connectivity index is 1.64. The van der Waals surface area contributed by atoms with E-state index in [2.05, 4.69) is 11.4 Å². The molecule has 1 fully saturated rings. The lowest BCUT2D eigenvalue weighted by Crippen LogP contribution is -2.52. The van der Waals surface area contributed by atoms with Crippen LogP contribution in [0.15, 0.2) is 24.3 Å². The van der Waals surface area contributed by atoms with Crippen LogP contribution >= 0.6 is 0 Å². The molecule has 2 aliphatic heterocycles. The van der Waals surface area contributed by atoms with Gasteiger partial charge in [-0.1, -0.05) is 24.6 Å². The fourth-order valence-corrected chi connectivity index (χ4v) is 4.44. The minimum Gasteiger partial charge on any atom is -0.491 e. The Hall–Kier alpha value is -2.25. The molecule has 2 amide bonds. The summed E-state index contributed by atoms with van der Waals surface area (Å²) in [5, 5.41) is 3.06. The first-order valence-corrected chi connectivity index (χ1v) is 11.0. The Bertz CT molecular complexity index is 774. The molecule has 31 heavy (non-hydrogen) atoms. The number of ether oxygens (including phenoxy) is 1. The molecule has 8 heteroatoms. The van der Waals surface area contributed by atoms with E-state index in [9.17, 15) is 22.8 Å². The van der Waals surface area contributed by atoms with Crippen LogP contribution in [0.5, 0.6) is 5.75 Å². The van der Waals surface area contributed by atoms with Crippen LogP contribution in [0.2, 0.25) is 0 Å². The number of hydrogen-bond acceptors (Lipinski definition) is 3. The summed E-state index contributed by atoms with van der Waals surface area (Å²) in [6.45, 7) is 2.90. The Morgan fingerprint density at radius 2 is 1.90 bits per heavy atom. The van der Waals surface area contributed by atoms with E-state index in [4.69, 9.17) is 4.74 Å². The standard InChI is InChI=1S/C23H31F3N2O3/c1-17-16-31-19-8-3-2-6-18(19)7-4-5-10-22(21(30)27-17)12-14-28(15-13-22)20(29)9-11-23(24,25)26/h2-3,6,8,17H,4-5,7,9-16H2,1H3,(H,27,30)/t17-/m1/s1. The average molecular weight is 441 g/mol. The van der Waals surface area contributed by atoms with Gasteiger partial charge in [-0.05, 0) is 50.7 Å². The van der Waals surface area contributed by atoms with Crippen molar-refractivity contribution in [2.24, 2.45) is 5.41 Å². The summed E-state index contributed by atoms with van der Waals surface area (Å²) in [4.78, 5) is 26.8. The van der Waals surface area contributed by atoms with Crippen LogP contribution in [0, 0.1) is 5.41 Å². The van der Waals surface area contributed by atoms with Crippen LogP contribution in [0.3, 0.4) is 0 Å². The quantitative estimate of drug-likeness (QED) is 0.748. The van der Waals surface area contributed by atoms with E-state index in [1.54, 1.807) is 0 Å². The molecule has 172 valence electrons. The normalized spacial score (nSPS) is 22.5. The third kappa shape index (κ3) is 6.37. The van der Waals surface area contributed by atoms with Gasteiger partial charge in [0.05, 0.1) is 17.9 Å². The first-order valence-electron chi connectivity index (χ1n) is 11.0. The van der Waals surface area contributed by atoms with Gasteiger partial charge in [0, 0.05) is 19.5 Å². The number of aryl methyl sites for hydroxylation is 1. The number of hydrogen-bond donors (Lipinski definition) is 1. The lowest BCUT2D eigenvalue weighted by molar-refractivity contribution is -0.151. The Labute approximate surface area is 181 Å². The van der Waals surface area contributed by atoms with Crippen molar-refractivity contribution in [2.75, 3.05) is 19.7 Å². The second kappa shape index (κ2) is 9.92. The molecule has 1 atom stereocenters. The van der Waals surface area contributed by atoms with Crippen molar-refractivity contribution < 1.29 is 27.5 Å². The SMILES string of the molecule is C[C@@H]1COc2ccccc2CCCCC2(CCN(C(=O)CCC(F)(F)F)CC2)C(=O)N1. The van der Waals surface area contributed by atoms with Crippen LogP contribution in [0.25, 0.3) is 0 Å². The number of likely N-dealkylation sites (tertiary alicyclic amines) is 1. The van der Waals surface area contributed by atoms with Crippen molar-refractivity contribution in [3.8, 4) is 5.75 Å². The number of carbonyl (C=O) groups is 2. The molecule has 3 rings (SSSR count). The summed E-state index contributed by atoms with van der Waals surface area (Å²) in [5.41, 5.74) is 0.564. The van der Waals surface area contributed by atoms with Crippen LogP contribution in [0.1, 0.15) is 57.4 Å². The predicted octanol–water partition coefficient (Wildman–Crippen LogP) is 4.25. The van der Waals surface area contributed by atoms with E-state index >= 15 is 0 Å². The van der Waals surface area contributed by atoms with Gasteiger partial charge in [0.25, 0.3) is 0 Å². The van der Waals surface area contributed by atoms with Gasteiger partial charge in [0.2, 0.25) is 11.8 Å². The number of nitrogens with one attached hydrogen (secondary N) is 1. The summed E-state index contributed by atoms with van der Waals surface area (Å²) in [6.07, 6.45) is -1.68. The first-order chi connectivity index (χ1) is 14.7. The fraction of sp³-hybridized carbons (Fsp3) is 0.652. The minimum atomic E-state index is -4.34. The maximum Gasteiger partial charge on any atom is 0.389 e. The Morgan fingerprint density at radius 3 is 2.61 bits per heavy atom. The molecule has 0 radical (unpaired) electrons. The first kappa shape index (κ1) is 23.4. The molecule has 1 aromatic carbocycles. The van der Waals surface area contributed by atoms with Crippen molar-refractivity contribution in [2.45, 2.75) is 70.5 Å². The van der Waals surface area contributed by atoms with Gasteiger partial charge in [-0.25, -0.2) is 0 Å². The highest BCUT2D eigenvalue weighted by Crippen LogP contribution is 2.38. The molecule has 2 aliphatic rings. The molecule has 1 spiro atoms. The minimum absolute atomic E-state index is 0.0418. The highest BCUT2D eigenvalue weighted by Gasteiger charge is 2.42. The number of nitrogens with zero attached hydrogens (tertiary/aromatic N) is 1. The van der Waals surface area contributed by atoms with Gasteiger partial charge in [-0.15, -0.1) is 0 Å². The Kier molecular flexibility index (Phi) is 7.49. The van der Waals surface area contributed by atoms with E-state index < -0.39 is 30.3 Å². The summed E-state index contributed by atoms with van der Waals surface area (Å²) < 4.78 is 43.2. The molecule has 0 bridgehead atoms. The number of rotatable bonds is 2. The van der Waals surface area contributed by atoms with Gasteiger partial charge in [0.1, 0.15) is 12.4 Å². The topological polar surface area (TPSA) is 58.6 Å². The predicted molar refractivity (Wildman–Crippen MR) is 111 cm³/mol. The highest BCUT2D eigenvalue weighted by atomic mass is 19.4. The third-order valence-corrected chi connectivity index (χ3v) is 6.37. The second-order valence-electron chi connectivity index (χ2n) is 8.78. The van der Waals surface area contributed by atoms with Crippen molar-refractivity contribution in [3.63, 3.8) is 0 Å². The van der Waals surface area contributed by atoms with Crippen LogP contribution in [0.4, 0.5) is 13.2 Å². The van der Waals surface area contributed by atoms with E-state index in [-0.39, 0.29) is 11.9 Å². The smallest absolute Gasteiger partial charge is 0.389 e. The maximum atomic E-state index is 13.2. The van der Waals surface area contributed by atoms with Crippen molar-refractivity contribution in [1.82, 2.24) is 10.2 Å². The van der Waals surface area contributed by atoms with Crippen LogP contribution < -0.4 is 10.1 Å². The van der Waals surface area contributed by atoms with Gasteiger partial charge >= 0.3 is 6.18 Å². The monoisotopic (exact) mass is 440 g/mol. The maximum absolute atomic E-state index is 13.2. The van der Waals surface area contributed by atoms with Crippen LogP contribution in [-0.4, -0.2) is 48.6 Å². The molecule has 2 heterocycles. The summed E-state index contributed by atoms with van der Waals surface area (Å²) in [7, 11) is 0. The summed E-state index contributed by atoms with van der Waals surface area (Å²) >= 11 is 0. The van der Waals surface area contributed by atoms with Gasteiger partial charge in [-0.3, -0.25) is 9.59 Å². The molecule has 1 N–H and O–H groups in total. The molecule has 1 aromatic rings. The van der Waals surface area contributed by atoms with Gasteiger partial charge < -0.3 is 15.0 Å². The Morgan fingerprint density at radius 1 is 1.19 bits per heavy atom. The zero-order valence-corrected chi connectivity index (χ0v) is 18.0. The third-order valence-electron chi connectivity index (χ3n) is 6.37. The van der Waals surface area contributed by atoms with Crippen molar-refractivity contribution in [3.05, 3.63) is 29.8 Å². The molecule has 0 saturated carbocycles. The van der Waals surface area contributed by atoms with E-state index in [0.29, 0.717) is 39.0 Å². The number of para-hydroxylation sites is 1. The second-order valence-corrected chi connectivity index (χ2v) is 8.78. The molecule has 5 nitrogen and oxygen atoms in total. The summed E-state index contributed by atoms with van der Waals surface area (Å²) in [6, 6.07) is 7.76. The number of alkyl halides is 3. The molecule has 0 aliphatic carbocycles. The number of benzene rings is 1.